The van der Waals surface area contributed by atoms with Crippen LogP contribution in [-0.4, -0.2) is 43.2 Å². The predicted molar refractivity (Wildman–Crippen MR) is 66.0 cm³/mol. The summed E-state index contributed by atoms with van der Waals surface area (Å²) in [5, 5.41) is 6.64. The van der Waals surface area contributed by atoms with Gasteiger partial charge in [0.2, 0.25) is 5.95 Å². The third kappa shape index (κ3) is 2.41. The minimum atomic E-state index is 0.509. The molecule has 0 amide bonds. The van der Waals surface area contributed by atoms with Crippen LogP contribution in [0, 0.1) is 0 Å². The lowest BCUT2D eigenvalue weighted by atomic mass is 10.2. The Labute approximate surface area is 96.3 Å². The van der Waals surface area contributed by atoms with Crippen molar-refractivity contribution in [1.29, 1.82) is 0 Å². The molecule has 16 heavy (non-hydrogen) atoms. The van der Waals surface area contributed by atoms with Gasteiger partial charge in [-0.05, 0) is 6.42 Å². The van der Waals surface area contributed by atoms with E-state index in [2.05, 4.69) is 27.5 Å². The summed E-state index contributed by atoms with van der Waals surface area (Å²) < 4.78 is 0. The molecular weight excluding hydrogens is 202 g/mol. The third-order valence-corrected chi connectivity index (χ3v) is 2.66. The van der Waals surface area contributed by atoms with Crippen molar-refractivity contribution in [2.45, 2.75) is 19.4 Å². The molecule has 1 aliphatic heterocycles. The van der Waals surface area contributed by atoms with Crippen LogP contribution in [0.1, 0.15) is 12.6 Å². The van der Waals surface area contributed by atoms with Gasteiger partial charge in [0.25, 0.3) is 0 Å². The fraction of sp³-hybridized carbons (Fsp3) is 0.636. The van der Waals surface area contributed by atoms with E-state index in [0.29, 0.717) is 6.04 Å². The molecule has 0 unspecified atom stereocenters. The van der Waals surface area contributed by atoms with Crippen molar-refractivity contribution in [1.82, 2.24) is 15.3 Å². The highest BCUT2D eigenvalue weighted by Crippen LogP contribution is 2.14. The first-order valence-electron chi connectivity index (χ1n) is 5.71. The lowest BCUT2D eigenvalue weighted by molar-refractivity contribution is 0.471. The van der Waals surface area contributed by atoms with Crippen molar-refractivity contribution in [3.8, 4) is 0 Å². The quantitative estimate of drug-likeness (QED) is 0.775. The molecule has 1 aliphatic rings. The number of nitrogens with one attached hydrogen (secondary N) is 2. The van der Waals surface area contributed by atoms with Gasteiger partial charge in [0.05, 0.1) is 6.04 Å². The van der Waals surface area contributed by atoms with Crippen molar-refractivity contribution < 1.29 is 0 Å². The van der Waals surface area contributed by atoms with Crippen molar-refractivity contribution in [2.24, 2.45) is 0 Å². The van der Waals surface area contributed by atoms with E-state index in [9.17, 15) is 0 Å². The fourth-order valence-corrected chi connectivity index (χ4v) is 1.54. The summed E-state index contributed by atoms with van der Waals surface area (Å²) in [6.45, 7) is 4.14. The van der Waals surface area contributed by atoms with E-state index in [0.717, 1.165) is 37.0 Å². The van der Waals surface area contributed by atoms with Crippen LogP contribution >= 0.6 is 0 Å². The molecule has 0 aliphatic carbocycles. The molecule has 2 rings (SSSR count). The van der Waals surface area contributed by atoms with Crippen LogP contribution in [0.4, 0.5) is 11.8 Å². The predicted octanol–water partition coefficient (Wildman–Crippen LogP) is 0.489. The standard InChI is InChI=1S/C11H19N5/c1-4-8-5-10(13-9-6-12-7-9)15-11(14-8)16(2)3/h5,9,12H,4,6-7H2,1-3H3,(H,13,14,15). The summed E-state index contributed by atoms with van der Waals surface area (Å²) in [5.74, 6) is 1.70. The van der Waals surface area contributed by atoms with Crippen LogP contribution in [0.2, 0.25) is 0 Å². The molecule has 2 N–H and O–H groups in total. The summed E-state index contributed by atoms with van der Waals surface area (Å²) in [4.78, 5) is 10.9. The van der Waals surface area contributed by atoms with Gasteiger partial charge in [0.1, 0.15) is 5.82 Å². The molecule has 1 aromatic rings. The largest absolute Gasteiger partial charge is 0.365 e. The molecule has 2 heterocycles. The molecule has 88 valence electrons. The number of nitrogens with zero attached hydrogens (tertiary/aromatic N) is 3. The van der Waals surface area contributed by atoms with Gasteiger partial charge in [-0.25, -0.2) is 4.98 Å². The number of rotatable bonds is 4. The Hall–Kier alpha value is -1.36. The zero-order valence-corrected chi connectivity index (χ0v) is 10.1. The minimum absolute atomic E-state index is 0.509. The van der Waals surface area contributed by atoms with Crippen molar-refractivity contribution in [3.05, 3.63) is 11.8 Å². The second kappa shape index (κ2) is 4.65. The lowest BCUT2D eigenvalue weighted by Crippen LogP contribution is -2.51. The first-order chi connectivity index (χ1) is 7.69. The number of hydrogen-bond acceptors (Lipinski definition) is 5. The van der Waals surface area contributed by atoms with Crippen molar-refractivity contribution in [2.75, 3.05) is 37.4 Å². The van der Waals surface area contributed by atoms with Crippen LogP contribution in [0.15, 0.2) is 6.07 Å². The third-order valence-electron chi connectivity index (χ3n) is 2.66. The Morgan fingerprint density at radius 2 is 2.19 bits per heavy atom. The van der Waals surface area contributed by atoms with Gasteiger partial charge in [-0.1, -0.05) is 6.92 Å². The zero-order chi connectivity index (χ0) is 11.5. The highest BCUT2D eigenvalue weighted by atomic mass is 15.2. The van der Waals surface area contributed by atoms with Gasteiger partial charge in [-0.15, -0.1) is 0 Å². The second-order valence-corrected chi connectivity index (χ2v) is 4.29. The summed E-state index contributed by atoms with van der Waals surface area (Å²) in [6, 6.07) is 2.54. The van der Waals surface area contributed by atoms with Gasteiger partial charge in [-0.3, -0.25) is 0 Å². The topological polar surface area (TPSA) is 53.1 Å². The molecule has 5 nitrogen and oxygen atoms in total. The Morgan fingerprint density at radius 1 is 1.44 bits per heavy atom. The molecule has 1 saturated heterocycles. The first-order valence-corrected chi connectivity index (χ1v) is 5.71. The maximum Gasteiger partial charge on any atom is 0.226 e. The summed E-state index contributed by atoms with van der Waals surface area (Å²) in [5.41, 5.74) is 1.08. The van der Waals surface area contributed by atoms with Crippen molar-refractivity contribution >= 4 is 11.8 Å². The molecule has 1 aromatic heterocycles. The average molecular weight is 221 g/mol. The molecule has 5 heteroatoms. The van der Waals surface area contributed by atoms with E-state index in [1.807, 2.05) is 25.1 Å². The van der Waals surface area contributed by atoms with Crippen LogP contribution in [-0.2, 0) is 6.42 Å². The Balaban J connectivity index is 2.18. The van der Waals surface area contributed by atoms with E-state index in [1.54, 1.807) is 0 Å². The van der Waals surface area contributed by atoms with E-state index >= 15 is 0 Å². The SMILES string of the molecule is CCc1cc(NC2CNC2)nc(N(C)C)n1. The van der Waals surface area contributed by atoms with E-state index in [4.69, 9.17) is 0 Å². The Kier molecular flexibility index (Phi) is 3.24. The van der Waals surface area contributed by atoms with E-state index in [-0.39, 0.29) is 0 Å². The highest BCUT2D eigenvalue weighted by Gasteiger charge is 2.17. The summed E-state index contributed by atoms with van der Waals surface area (Å²) in [6.07, 6.45) is 0.932. The van der Waals surface area contributed by atoms with E-state index < -0.39 is 0 Å². The lowest BCUT2D eigenvalue weighted by Gasteiger charge is -2.28. The molecule has 0 spiro atoms. The second-order valence-electron chi connectivity index (χ2n) is 4.29. The van der Waals surface area contributed by atoms with Crippen LogP contribution in [0.3, 0.4) is 0 Å². The van der Waals surface area contributed by atoms with Gasteiger partial charge in [-0.2, -0.15) is 4.98 Å². The normalized spacial score (nSPS) is 15.7. The number of hydrogen-bond donors (Lipinski definition) is 2. The van der Waals surface area contributed by atoms with Gasteiger partial charge in [0, 0.05) is 38.9 Å². The Bertz CT molecular complexity index is 359. The van der Waals surface area contributed by atoms with Crippen LogP contribution in [0.25, 0.3) is 0 Å². The molecule has 0 atom stereocenters. The van der Waals surface area contributed by atoms with E-state index in [1.165, 1.54) is 0 Å². The van der Waals surface area contributed by atoms with Gasteiger partial charge in [0.15, 0.2) is 0 Å². The van der Waals surface area contributed by atoms with Crippen LogP contribution < -0.4 is 15.5 Å². The summed E-state index contributed by atoms with van der Waals surface area (Å²) in [7, 11) is 3.92. The average Bonchev–Trinajstić information content (AvgIpc) is 2.23. The molecule has 1 fully saturated rings. The fourth-order valence-electron chi connectivity index (χ4n) is 1.54. The summed E-state index contributed by atoms with van der Waals surface area (Å²) >= 11 is 0. The van der Waals surface area contributed by atoms with Gasteiger partial charge >= 0.3 is 0 Å². The smallest absolute Gasteiger partial charge is 0.226 e. The van der Waals surface area contributed by atoms with Crippen molar-refractivity contribution in [3.63, 3.8) is 0 Å². The first kappa shape index (κ1) is 11.1. The highest BCUT2D eigenvalue weighted by molar-refractivity contribution is 5.44. The molecule has 0 bridgehead atoms. The van der Waals surface area contributed by atoms with Gasteiger partial charge < -0.3 is 15.5 Å². The molecule has 0 aromatic carbocycles. The maximum absolute atomic E-state index is 4.48. The monoisotopic (exact) mass is 221 g/mol. The zero-order valence-electron chi connectivity index (χ0n) is 10.1. The molecule has 0 saturated carbocycles. The Morgan fingerprint density at radius 3 is 2.69 bits per heavy atom. The number of aryl methyl sites for hydroxylation is 1. The molecular formula is C11H19N5. The minimum Gasteiger partial charge on any atom is -0.365 e. The molecule has 0 radical (unpaired) electrons. The van der Waals surface area contributed by atoms with Crippen LogP contribution in [0.5, 0.6) is 0 Å². The number of anilines is 2. The maximum atomic E-state index is 4.48. The number of aromatic nitrogens is 2.